The third-order valence-corrected chi connectivity index (χ3v) is 6.49. The molecule has 1 unspecified atom stereocenters. The first kappa shape index (κ1) is 21.4. The SMILES string of the molecule is N#CCC1=NC(NCCc2cccnc2)=NCC1c1nc(-c2ccc(Cl)c(Cl)c2)cs1. The Balaban J connectivity index is 1.46. The zero-order chi connectivity index (χ0) is 21.6. The molecule has 1 aliphatic heterocycles. The first-order valence-corrected chi connectivity index (χ1v) is 11.3. The van der Waals surface area contributed by atoms with E-state index in [9.17, 15) is 5.26 Å². The molecule has 156 valence electrons. The van der Waals surface area contributed by atoms with Crippen LogP contribution in [0.5, 0.6) is 0 Å². The summed E-state index contributed by atoms with van der Waals surface area (Å²) in [6, 6.07) is 11.6. The van der Waals surface area contributed by atoms with Crippen LogP contribution in [0.1, 0.15) is 22.9 Å². The van der Waals surface area contributed by atoms with Crippen LogP contribution in [-0.2, 0) is 6.42 Å². The van der Waals surface area contributed by atoms with Crippen LogP contribution in [-0.4, -0.2) is 34.7 Å². The number of nitrogens with one attached hydrogen (secondary N) is 1. The molecule has 31 heavy (non-hydrogen) atoms. The van der Waals surface area contributed by atoms with Crippen LogP contribution in [0.3, 0.4) is 0 Å². The molecule has 6 nitrogen and oxygen atoms in total. The molecule has 4 rings (SSSR count). The molecule has 0 saturated heterocycles. The molecular formula is C22H18Cl2N6S. The van der Waals surface area contributed by atoms with Crippen molar-refractivity contribution < 1.29 is 0 Å². The minimum Gasteiger partial charge on any atom is -0.354 e. The maximum atomic E-state index is 9.29. The van der Waals surface area contributed by atoms with Crippen molar-refractivity contribution in [3.63, 3.8) is 0 Å². The van der Waals surface area contributed by atoms with E-state index in [1.807, 2.05) is 29.8 Å². The van der Waals surface area contributed by atoms with Gasteiger partial charge in [-0.2, -0.15) is 5.26 Å². The first-order valence-electron chi connectivity index (χ1n) is 9.66. The molecule has 1 atom stereocenters. The normalized spacial score (nSPS) is 15.7. The maximum absolute atomic E-state index is 9.29. The van der Waals surface area contributed by atoms with Crippen LogP contribution in [0.2, 0.25) is 10.0 Å². The second-order valence-corrected chi connectivity index (χ2v) is 8.60. The van der Waals surface area contributed by atoms with Gasteiger partial charge in [0.15, 0.2) is 0 Å². The molecular weight excluding hydrogens is 451 g/mol. The highest BCUT2D eigenvalue weighted by Crippen LogP contribution is 2.32. The average Bonchev–Trinajstić information content (AvgIpc) is 3.27. The summed E-state index contributed by atoms with van der Waals surface area (Å²) in [5, 5.41) is 16.4. The molecule has 0 spiro atoms. The number of hydrogen-bond donors (Lipinski definition) is 1. The van der Waals surface area contributed by atoms with E-state index in [2.05, 4.69) is 26.4 Å². The third kappa shape index (κ3) is 5.28. The predicted octanol–water partition coefficient (Wildman–Crippen LogP) is 5.15. The van der Waals surface area contributed by atoms with Gasteiger partial charge in [-0.15, -0.1) is 11.3 Å². The number of aromatic nitrogens is 2. The number of aliphatic imine (C=N–C) groups is 2. The van der Waals surface area contributed by atoms with Gasteiger partial charge in [-0.25, -0.2) is 9.98 Å². The molecule has 3 aromatic rings. The van der Waals surface area contributed by atoms with Crippen molar-refractivity contribution in [3.05, 3.63) is 68.7 Å². The fourth-order valence-corrected chi connectivity index (χ4v) is 4.44. The van der Waals surface area contributed by atoms with Crippen LogP contribution in [0.4, 0.5) is 0 Å². The Hall–Kier alpha value is -2.79. The Morgan fingerprint density at radius 1 is 1.23 bits per heavy atom. The van der Waals surface area contributed by atoms with E-state index in [-0.39, 0.29) is 12.3 Å². The van der Waals surface area contributed by atoms with Crippen molar-refractivity contribution in [2.75, 3.05) is 13.1 Å². The highest BCUT2D eigenvalue weighted by Gasteiger charge is 2.25. The molecule has 0 saturated carbocycles. The fourth-order valence-electron chi connectivity index (χ4n) is 3.19. The van der Waals surface area contributed by atoms with Gasteiger partial charge in [0.1, 0.15) is 5.01 Å². The zero-order valence-electron chi connectivity index (χ0n) is 16.4. The molecule has 0 radical (unpaired) electrons. The highest BCUT2D eigenvalue weighted by molar-refractivity contribution is 7.10. The Morgan fingerprint density at radius 2 is 2.13 bits per heavy atom. The van der Waals surface area contributed by atoms with E-state index < -0.39 is 0 Å². The van der Waals surface area contributed by atoms with E-state index in [0.717, 1.165) is 34.0 Å². The molecule has 1 aromatic carbocycles. The van der Waals surface area contributed by atoms with E-state index >= 15 is 0 Å². The second-order valence-electron chi connectivity index (χ2n) is 6.89. The van der Waals surface area contributed by atoms with E-state index in [1.165, 1.54) is 11.3 Å². The number of benzene rings is 1. The summed E-state index contributed by atoms with van der Waals surface area (Å²) in [6.45, 7) is 1.20. The number of rotatable bonds is 6. The lowest BCUT2D eigenvalue weighted by molar-refractivity contribution is 0.803. The van der Waals surface area contributed by atoms with Crippen molar-refractivity contribution in [2.24, 2.45) is 9.98 Å². The standard InChI is InChI=1S/C22H18Cl2N6S/c23-17-4-3-15(10-18(17)24)20-13-31-21(29-20)16-12-28-22(30-19(16)5-7-25)27-9-6-14-2-1-8-26-11-14/h1-4,8,10-11,13,16H,5-6,9,12H2,(H,27,28). The van der Waals surface area contributed by atoms with Crippen molar-refractivity contribution >= 4 is 46.2 Å². The molecule has 1 aliphatic rings. The summed E-state index contributed by atoms with van der Waals surface area (Å²) < 4.78 is 0. The minimum absolute atomic E-state index is 0.106. The van der Waals surface area contributed by atoms with Crippen LogP contribution in [0.15, 0.2) is 58.1 Å². The molecule has 3 heterocycles. The van der Waals surface area contributed by atoms with Crippen LogP contribution in [0, 0.1) is 11.3 Å². The summed E-state index contributed by atoms with van der Waals surface area (Å²) in [4.78, 5) is 18.1. The Bertz CT molecular complexity index is 1170. The van der Waals surface area contributed by atoms with Crippen molar-refractivity contribution in [1.29, 1.82) is 5.26 Å². The lowest BCUT2D eigenvalue weighted by Crippen LogP contribution is -2.31. The van der Waals surface area contributed by atoms with E-state index in [1.54, 1.807) is 18.3 Å². The second kappa shape index (κ2) is 10.0. The summed E-state index contributed by atoms with van der Waals surface area (Å²) in [7, 11) is 0. The first-order chi connectivity index (χ1) is 15.1. The number of pyridine rings is 1. The van der Waals surface area contributed by atoms with Crippen LogP contribution < -0.4 is 5.32 Å². The lowest BCUT2D eigenvalue weighted by Gasteiger charge is -2.19. The minimum atomic E-state index is -0.106. The molecule has 2 aromatic heterocycles. The maximum Gasteiger partial charge on any atom is 0.217 e. The quantitative estimate of drug-likeness (QED) is 0.541. The number of hydrogen-bond acceptors (Lipinski definition) is 7. The largest absolute Gasteiger partial charge is 0.354 e. The monoisotopic (exact) mass is 468 g/mol. The molecule has 0 bridgehead atoms. The summed E-state index contributed by atoms with van der Waals surface area (Å²) in [5.74, 6) is 0.455. The number of nitriles is 1. The summed E-state index contributed by atoms with van der Waals surface area (Å²) in [5.41, 5.74) is 3.63. The van der Waals surface area contributed by atoms with Gasteiger partial charge in [0.25, 0.3) is 0 Å². The van der Waals surface area contributed by atoms with Gasteiger partial charge in [0.05, 0.1) is 40.7 Å². The molecule has 0 amide bonds. The molecule has 1 N–H and O–H groups in total. The van der Waals surface area contributed by atoms with Gasteiger partial charge in [0, 0.05) is 35.6 Å². The van der Waals surface area contributed by atoms with Crippen LogP contribution >= 0.6 is 34.5 Å². The third-order valence-electron chi connectivity index (χ3n) is 4.79. The van der Waals surface area contributed by atoms with Crippen molar-refractivity contribution in [3.8, 4) is 17.3 Å². The van der Waals surface area contributed by atoms with Crippen LogP contribution in [0.25, 0.3) is 11.3 Å². The van der Waals surface area contributed by atoms with Gasteiger partial charge in [-0.3, -0.25) is 9.98 Å². The average molecular weight is 469 g/mol. The number of guanidine groups is 1. The van der Waals surface area contributed by atoms with Gasteiger partial charge in [0.2, 0.25) is 5.96 Å². The summed E-state index contributed by atoms with van der Waals surface area (Å²) >= 11 is 13.7. The molecule has 0 aliphatic carbocycles. The topological polar surface area (TPSA) is 86.3 Å². The van der Waals surface area contributed by atoms with Crippen molar-refractivity contribution in [2.45, 2.75) is 18.8 Å². The van der Waals surface area contributed by atoms with Gasteiger partial charge < -0.3 is 5.32 Å². The number of nitrogens with zero attached hydrogens (tertiary/aromatic N) is 5. The zero-order valence-corrected chi connectivity index (χ0v) is 18.8. The number of thiazole rings is 1. The molecule has 9 heteroatoms. The van der Waals surface area contributed by atoms with Gasteiger partial charge in [-0.05, 0) is 30.2 Å². The highest BCUT2D eigenvalue weighted by atomic mass is 35.5. The molecule has 0 fully saturated rings. The van der Waals surface area contributed by atoms with E-state index in [4.69, 9.17) is 28.2 Å². The fraction of sp³-hybridized carbons (Fsp3) is 0.227. The Morgan fingerprint density at radius 3 is 2.90 bits per heavy atom. The van der Waals surface area contributed by atoms with Gasteiger partial charge >= 0.3 is 0 Å². The van der Waals surface area contributed by atoms with E-state index in [0.29, 0.717) is 29.1 Å². The Kier molecular flexibility index (Phi) is 6.92. The number of halogens is 2. The predicted molar refractivity (Wildman–Crippen MR) is 126 cm³/mol. The van der Waals surface area contributed by atoms with Crippen molar-refractivity contribution in [1.82, 2.24) is 15.3 Å². The van der Waals surface area contributed by atoms with Gasteiger partial charge in [-0.1, -0.05) is 35.3 Å². The summed E-state index contributed by atoms with van der Waals surface area (Å²) in [6.07, 6.45) is 4.65. The lowest BCUT2D eigenvalue weighted by atomic mass is 10.0. The Labute approximate surface area is 194 Å². The smallest absolute Gasteiger partial charge is 0.217 e.